The van der Waals surface area contributed by atoms with E-state index in [1.165, 1.54) is 0 Å². The molecule has 1 heterocycles. The lowest BCUT2D eigenvalue weighted by molar-refractivity contribution is -0.0165. The van der Waals surface area contributed by atoms with Crippen molar-refractivity contribution in [2.45, 2.75) is 32.5 Å². The van der Waals surface area contributed by atoms with E-state index in [1.54, 1.807) is 18.2 Å². The van der Waals surface area contributed by atoms with Gasteiger partial charge in [-0.1, -0.05) is 19.8 Å². The maximum atomic E-state index is 11.2. The maximum Gasteiger partial charge on any atom is 0.248 e. The van der Waals surface area contributed by atoms with Crippen molar-refractivity contribution >= 4 is 11.6 Å². The van der Waals surface area contributed by atoms with Gasteiger partial charge in [-0.2, -0.15) is 0 Å². The summed E-state index contributed by atoms with van der Waals surface area (Å²) in [7, 11) is 0. The number of nitrogens with zero attached hydrogens (tertiary/aromatic N) is 1. The van der Waals surface area contributed by atoms with Crippen LogP contribution in [-0.2, 0) is 0 Å². The lowest BCUT2D eigenvalue weighted by atomic mass is 10.1. The van der Waals surface area contributed by atoms with Gasteiger partial charge in [0.05, 0.1) is 12.2 Å². The van der Waals surface area contributed by atoms with E-state index in [0.717, 1.165) is 31.5 Å². The molecular weight excluding hydrogens is 244 g/mol. The molecule has 0 fully saturated rings. The van der Waals surface area contributed by atoms with Crippen LogP contribution >= 0.6 is 0 Å². The number of nitrogens with two attached hydrogens (primary N) is 1. The molecule has 1 aliphatic rings. The Morgan fingerprint density at radius 1 is 1.53 bits per heavy atom. The molecule has 1 unspecified atom stereocenters. The number of unbranched alkanes of at least 4 members (excludes halogenated alkanes) is 2. The van der Waals surface area contributed by atoms with Crippen molar-refractivity contribution in [3.8, 4) is 5.75 Å². The Kier molecular flexibility index (Phi) is 4.27. The quantitative estimate of drug-likeness (QED) is 0.790. The van der Waals surface area contributed by atoms with Gasteiger partial charge in [0.1, 0.15) is 5.75 Å². The van der Waals surface area contributed by atoms with Gasteiger partial charge in [-0.25, -0.2) is 0 Å². The third kappa shape index (κ3) is 3.17. The lowest BCUT2D eigenvalue weighted by Crippen LogP contribution is -2.40. The molecule has 3 N–H and O–H groups in total. The number of anilines is 1. The maximum absolute atomic E-state index is 11.2. The molecule has 1 atom stereocenters. The molecule has 5 heteroatoms. The highest BCUT2D eigenvalue weighted by molar-refractivity contribution is 5.94. The topological polar surface area (TPSA) is 75.8 Å². The standard InChI is InChI=1S/C14H20N2O3/c1-2-3-4-7-16-9-13(17)19-12-6-5-10(14(15)18)8-11(12)16/h5-6,8,13,17H,2-4,7,9H2,1H3,(H2,15,18). The van der Waals surface area contributed by atoms with Crippen molar-refractivity contribution in [2.24, 2.45) is 5.73 Å². The first-order valence-corrected chi connectivity index (χ1v) is 6.65. The number of aliphatic hydroxyl groups excluding tert-OH is 1. The van der Waals surface area contributed by atoms with E-state index in [-0.39, 0.29) is 0 Å². The predicted molar refractivity (Wildman–Crippen MR) is 73.3 cm³/mol. The number of carbonyl (C=O) groups excluding carboxylic acids is 1. The van der Waals surface area contributed by atoms with Crippen molar-refractivity contribution in [3.05, 3.63) is 23.8 Å². The minimum Gasteiger partial charge on any atom is -0.461 e. The van der Waals surface area contributed by atoms with Crippen LogP contribution in [0, 0.1) is 0 Å². The molecule has 2 rings (SSSR count). The van der Waals surface area contributed by atoms with Crippen LogP contribution < -0.4 is 15.4 Å². The van der Waals surface area contributed by atoms with Crippen LogP contribution in [0.4, 0.5) is 5.69 Å². The summed E-state index contributed by atoms with van der Waals surface area (Å²) >= 11 is 0. The molecule has 104 valence electrons. The zero-order valence-electron chi connectivity index (χ0n) is 11.1. The van der Waals surface area contributed by atoms with E-state index >= 15 is 0 Å². The number of carbonyl (C=O) groups is 1. The number of ether oxygens (including phenoxy) is 1. The molecule has 0 saturated carbocycles. The SMILES string of the molecule is CCCCCN1CC(O)Oc2ccc(C(N)=O)cc21. The average Bonchev–Trinajstić information content (AvgIpc) is 2.38. The number of benzene rings is 1. The summed E-state index contributed by atoms with van der Waals surface area (Å²) in [5.74, 6) is 0.141. The molecule has 0 bridgehead atoms. The molecule has 0 radical (unpaired) electrons. The second kappa shape index (κ2) is 5.93. The van der Waals surface area contributed by atoms with Gasteiger partial charge in [-0.15, -0.1) is 0 Å². The lowest BCUT2D eigenvalue weighted by Gasteiger charge is -2.34. The molecule has 1 amide bonds. The summed E-state index contributed by atoms with van der Waals surface area (Å²) in [6.07, 6.45) is 2.50. The van der Waals surface area contributed by atoms with E-state index in [1.807, 2.05) is 4.90 Å². The van der Waals surface area contributed by atoms with Gasteiger partial charge in [0.25, 0.3) is 0 Å². The molecule has 1 aromatic rings. The monoisotopic (exact) mass is 264 g/mol. The number of hydrogen-bond donors (Lipinski definition) is 2. The second-order valence-electron chi connectivity index (χ2n) is 4.77. The Morgan fingerprint density at radius 2 is 2.32 bits per heavy atom. The van der Waals surface area contributed by atoms with Crippen LogP contribution in [-0.4, -0.2) is 30.4 Å². The highest BCUT2D eigenvalue weighted by Gasteiger charge is 2.24. The van der Waals surface area contributed by atoms with Crippen molar-refractivity contribution in [2.75, 3.05) is 18.0 Å². The fraction of sp³-hybridized carbons (Fsp3) is 0.500. The zero-order chi connectivity index (χ0) is 13.8. The molecule has 0 aromatic heterocycles. The number of aliphatic hydroxyl groups is 1. The first-order valence-electron chi connectivity index (χ1n) is 6.65. The summed E-state index contributed by atoms with van der Waals surface area (Å²) in [5.41, 5.74) is 6.58. The third-order valence-corrected chi connectivity index (χ3v) is 3.26. The summed E-state index contributed by atoms with van der Waals surface area (Å²) in [4.78, 5) is 13.3. The van der Waals surface area contributed by atoms with Crippen molar-refractivity contribution in [3.63, 3.8) is 0 Å². The molecule has 0 saturated heterocycles. The van der Waals surface area contributed by atoms with Crippen LogP contribution in [0.2, 0.25) is 0 Å². The minimum atomic E-state index is -0.825. The Labute approximate surface area is 113 Å². The summed E-state index contributed by atoms with van der Waals surface area (Å²) in [6, 6.07) is 5.03. The van der Waals surface area contributed by atoms with Crippen molar-refractivity contribution in [1.82, 2.24) is 0 Å². The van der Waals surface area contributed by atoms with E-state index in [0.29, 0.717) is 17.9 Å². The predicted octanol–water partition coefficient (Wildman–Crippen LogP) is 1.49. The van der Waals surface area contributed by atoms with E-state index < -0.39 is 12.2 Å². The van der Waals surface area contributed by atoms with Crippen LogP contribution in [0.25, 0.3) is 0 Å². The molecule has 5 nitrogen and oxygen atoms in total. The number of amides is 1. The third-order valence-electron chi connectivity index (χ3n) is 3.26. The van der Waals surface area contributed by atoms with E-state index in [9.17, 15) is 9.90 Å². The highest BCUT2D eigenvalue weighted by atomic mass is 16.6. The van der Waals surface area contributed by atoms with Gasteiger partial charge in [0, 0.05) is 12.1 Å². The van der Waals surface area contributed by atoms with Gasteiger partial charge in [-0.3, -0.25) is 4.79 Å². The number of fused-ring (bicyclic) bond motifs is 1. The van der Waals surface area contributed by atoms with Crippen molar-refractivity contribution in [1.29, 1.82) is 0 Å². The molecular formula is C14H20N2O3. The summed E-state index contributed by atoms with van der Waals surface area (Å²) in [5, 5.41) is 9.71. The molecule has 0 spiro atoms. The summed E-state index contributed by atoms with van der Waals surface area (Å²) < 4.78 is 5.36. The van der Waals surface area contributed by atoms with Gasteiger partial charge in [-0.05, 0) is 24.6 Å². The first-order chi connectivity index (χ1) is 9.11. The number of primary amides is 1. The molecule has 1 aromatic carbocycles. The largest absolute Gasteiger partial charge is 0.461 e. The Bertz CT molecular complexity index is 462. The highest BCUT2D eigenvalue weighted by Crippen LogP contribution is 2.34. The minimum absolute atomic E-state index is 0.416. The number of β-amino-alcohol motifs (C(OH)–C–C–N with tert-alkyl or cyclic N) is 1. The second-order valence-corrected chi connectivity index (χ2v) is 4.77. The molecule has 19 heavy (non-hydrogen) atoms. The Morgan fingerprint density at radius 3 is 3.00 bits per heavy atom. The van der Waals surface area contributed by atoms with Crippen LogP contribution in [0.1, 0.15) is 36.5 Å². The fourth-order valence-electron chi connectivity index (χ4n) is 2.25. The van der Waals surface area contributed by atoms with Crippen molar-refractivity contribution < 1.29 is 14.6 Å². The zero-order valence-corrected chi connectivity index (χ0v) is 11.1. The number of rotatable bonds is 5. The number of hydrogen-bond acceptors (Lipinski definition) is 4. The van der Waals surface area contributed by atoms with Gasteiger partial charge in [0.2, 0.25) is 12.2 Å². The molecule has 1 aliphatic heterocycles. The van der Waals surface area contributed by atoms with E-state index in [2.05, 4.69) is 6.92 Å². The van der Waals surface area contributed by atoms with Crippen LogP contribution in [0.5, 0.6) is 5.75 Å². The van der Waals surface area contributed by atoms with E-state index in [4.69, 9.17) is 10.5 Å². The van der Waals surface area contributed by atoms with Gasteiger partial charge in [0.15, 0.2) is 0 Å². The van der Waals surface area contributed by atoms with Crippen LogP contribution in [0.15, 0.2) is 18.2 Å². The fourth-order valence-corrected chi connectivity index (χ4v) is 2.25. The normalized spacial score (nSPS) is 17.8. The van der Waals surface area contributed by atoms with Gasteiger partial charge >= 0.3 is 0 Å². The average molecular weight is 264 g/mol. The molecule has 0 aliphatic carbocycles. The summed E-state index contributed by atoms with van der Waals surface area (Å²) in [6.45, 7) is 3.40. The Hall–Kier alpha value is -1.75. The van der Waals surface area contributed by atoms with Gasteiger partial charge < -0.3 is 20.5 Å². The Balaban J connectivity index is 2.22. The smallest absolute Gasteiger partial charge is 0.248 e. The van der Waals surface area contributed by atoms with Crippen LogP contribution in [0.3, 0.4) is 0 Å². The first kappa shape index (κ1) is 13.7.